The SMILES string of the molecule is N#Cc1ccc(NCc2ccc([N+](=O)[O-])cc2)cn1. The highest BCUT2D eigenvalue weighted by Gasteiger charge is 2.03. The van der Waals surface area contributed by atoms with Crippen LogP contribution in [0.5, 0.6) is 0 Å². The van der Waals surface area contributed by atoms with Gasteiger partial charge in [-0.3, -0.25) is 10.1 Å². The largest absolute Gasteiger partial charge is 0.380 e. The Morgan fingerprint density at radius 1 is 1.26 bits per heavy atom. The fourth-order valence-corrected chi connectivity index (χ4v) is 1.50. The molecule has 0 aliphatic heterocycles. The van der Waals surface area contributed by atoms with Gasteiger partial charge in [0, 0.05) is 18.7 Å². The summed E-state index contributed by atoms with van der Waals surface area (Å²) in [4.78, 5) is 14.0. The van der Waals surface area contributed by atoms with Crippen LogP contribution in [0.15, 0.2) is 42.6 Å². The summed E-state index contributed by atoms with van der Waals surface area (Å²) >= 11 is 0. The lowest BCUT2D eigenvalue weighted by molar-refractivity contribution is -0.384. The molecule has 1 heterocycles. The summed E-state index contributed by atoms with van der Waals surface area (Å²) in [6.07, 6.45) is 1.57. The van der Waals surface area contributed by atoms with Gasteiger partial charge in [0.2, 0.25) is 0 Å². The number of rotatable bonds is 4. The van der Waals surface area contributed by atoms with Crippen LogP contribution in [-0.2, 0) is 6.54 Å². The van der Waals surface area contributed by atoms with Gasteiger partial charge in [0.05, 0.1) is 16.8 Å². The summed E-state index contributed by atoms with van der Waals surface area (Å²) in [6.45, 7) is 0.533. The average Bonchev–Trinajstić information content (AvgIpc) is 2.46. The molecule has 0 spiro atoms. The maximum Gasteiger partial charge on any atom is 0.269 e. The molecule has 0 aliphatic rings. The molecule has 19 heavy (non-hydrogen) atoms. The lowest BCUT2D eigenvalue weighted by Crippen LogP contribution is -2.00. The minimum Gasteiger partial charge on any atom is -0.380 e. The molecule has 6 nitrogen and oxygen atoms in total. The number of hydrogen-bond acceptors (Lipinski definition) is 5. The van der Waals surface area contributed by atoms with Crippen molar-refractivity contribution in [2.45, 2.75) is 6.54 Å². The van der Waals surface area contributed by atoms with E-state index >= 15 is 0 Å². The summed E-state index contributed by atoms with van der Waals surface area (Å²) in [5.74, 6) is 0. The molecule has 0 radical (unpaired) electrons. The third kappa shape index (κ3) is 3.26. The first-order valence-electron chi connectivity index (χ1n) is 5.52. The number of benzene rings is 1. The molecule has 2 aromatic rings. The highest BCUT2D eigenvalue weighted by Crippen LogP contribution is 2.13. The molecule has 0 aliphatic carbocycles. The van der Waals surface area contributed by atoms with Crippen LogP contribution in [0.2, 0.25) is 0 Å². The van der Waals surface area contributed by atoms with Gasteiger partial charge in [0.15, 0.2) is 0 Å². The summed E-state index contributed by atoms with van der Waals surface area (Å²) < 4.78 is 0. The summed E-state index contributed by atoms with van der Waals surface area (Å²) in [7, 11) is 0. The van der Waals surface area contributed by atoms with Crippen LogP contribution in [0.1, 0.15) is 11.3 Å². The van der Waals surface area contributed by atoms with E-state index in [0.717, 1.165) is 11.3 Å². The number of hydrogen-bond donors (Lipinski definition) is 1. The van der Waals surface area contributed by atoms with E-state index < -0.39 is 4.92 Å². The Kier molecular flexibility index (Phi) is 3.69. The normalized spacial score (nSPS) is 9.63. The monoisotopic (exact) mass is 254 g/mol. The van der Waals surface area contributed by atoms with Crippen molar-refractivity contribution < 1.29 is 4.92 Å². The number of anilines is 1. The number of pyridine rings is 1. The van der Waals surface area contributed by atoms with Crippen molar-refractivity contribution in [3.8, 4) is 6.07 Å². The third-order valence-electron chi connectivity index (χ3n) is 2.52. The van der Waals surface area contributed by atoms with E-state index in [1.165, 1.54) is 12.1 Å². The van der Waals surface area contributed by atoms with E-state index in [1.807, 2.05) is 6.07 Å². The molecule has 0 bridgehead atoms. The van der Waals surface area contributed by atoms with Crippen LogP contribution in [0.3, 0.4) is 0 Å². The van der Waals surface area contributed by atoms with Gasteiger partial charge in [-0.25, -0.2) is 4.98 Å². The van der Waals surface area contributed by atoms with E-state index in [9.17, 15) is 10.1 Å². The molecule has 0 amide bonds. The van der Waals surface area contributed by atoms with Crippen molar-refractivity contribution in [1.82, 2.24) is 4.98 Å². The molecule has 0 unspecified atom stereocenters. The number of nitrogens with one attached hydrogen (secondary N) is 1. The van der Waals surface area contributed by atoms with Gasteiger partial charge in [-0.05, 0) is 17.7 Å². The first-order chi connectivity index (χ1) is 9.19. The van der Waals surface area contributed by atoms with Gasteiger partial charge < -0.3 is 5.32 Å². The molecule has 0 atom stereocenters. The number of non-ortho nitro benzene ring substituents is 1. The van der Waals surface area contributed by atoms with E-state index in [0.29, 0.717) is 12.2 Å². The van der Waals surface area contributed by atoms with E-state index in [1.54, 1.807) is 30.5 Å². The van der Waals surface area contributed by atoms with Gasteiger partial charge >= 0.3 is 0 Å². The fourth-order valence-electron chi connectivity index (χ4n) is 1.50. The van der Waals surface area contributed by atoms with Crippen molar-refractivity contribution >= 4 is 11.4 Å². The van der Waals surface area contributed by atoms with Gasteiger partial charge in [0.25, 0.3) is 5.69 Å². The third-order valence-corrected chi connectivity index (χ3v) is 2.52. The van der Waals surface area contributed by atoms with E-state index in [2.05, 4.69) is 10.3 Å². The molecule has 94 valence electrons. The van der Waals surface area contributed by atoms with Crippen molar-refractivity contribution in [2.24, 2.45) is 0 Å². The van der Waals surface area contributed by atoms with Crippen LogP contribution in [0, 0.1) is 21.4 Å². The average molecular weight is 254 g/mol. The second kappa shape index (κ2) is 5.60. The van der Waals surface area contributed by atoms with Crippen LogP contribution >= 0.6 is 0 Å². The van der Waals surface area contributed by atoms with Crippen molar-refractivity contribution in [3.05, 3.63) is 64.0 Å². The second-order valence-electron chi connectivity index (χ2n) is 3.82. The lowest BCUT2D eigenvalue weighted by Gasteiger charge is -2.05. The van der Waals surface area contributed by atoms with Crippen LogP contribution in [0.25, 0.3) is 0 Å². The molecular weight excluding hydrogens is 244 g/mol. The maximum atomic E-state index is 10.5. The predicted molar refractivity (Wildman–Crippen MR) is 69.4 cm³/mol. The summed E-state index contributed by atoms with van der Waals surface area (Å²) in [6, 6.07) is 11.7. The van der Waals surface area contributed by atoms with Gasteiger partial charge in [0.1, 0.15) is 11.8 Å². The molecule has 1 aromatic carbocycles. The Morgan fingerprint density at radius 2 is 2.00 bits per heavy atom. The number of nitrogens with zero attached hydrogens (tertiary/aromatic N) is 3. The molecule has 0 saturated heterocycles. The first-order valence-corrected chi connectivity index (χ1v) is 5.52. The number of nitriles is 1. The zero-order valence-electron chi connectivity index (χ0n) is 9.91. The van der Waals surface area contributed by atoms with E-state index in [-0.39, 0.29) is 5.69 Å². The Bertz CT molecular complexity index is 615. The smallest absolute Gasteiger partial charge is 0.269 e. The molecular formula is C13H10N4O2. The van der Waals surface area contributed by atoms with Crippen LogP contribution in [0.4, 0.5) is 11.4 Å². The predicted octanol–water partition coefficient (Wildman–Crippen LogP) is 2.47. The molecule has 1 aromatic heterocycles. The minimum atomic E-state index is -0.429. The topological polar surface area (TPSA) is 91.8 Å². The van der Waals surface area contributed by atoms with Crippen molar-refractivity contribution in [2.75, 3.05) is 5.32 Å². The standard InChI is InChI=1S/C13H10N4O2/c14-7-11-3-4-12(9-16-11)15-8-10-1-5-13(6-2-10)17(18)19/h1-6,9,15H,8H2. The van der Waals surface area contributed by atoms with Gasteiger partial charge in [-0.2, -0.15) is 5.26 Å². The zero-order valence-corrected chi connectivity index (χ0v) is 9.91. The first kappa shape index (κ1) is 12.5. The Labute approximate surface area is 109 Å². The van der Waals surface area contributed by atoms with Crippen LogP contribution < -0.4 is 5.32 Å². The molecule has 6 heteroatoms. The minimum absolute atomic E-state index is 0.0730. The Hall–Kier alpha value is -2.94. The highest BCUT2D eigenvalue weighted by molar-refractivity contribution is 5.44. The molecule has 1 N–H and O–H groups in total. The number of nitro benzene ring substituents is 1. The summed E-state index contributed by atoms with van der Waals surface area (Å²) in [5.41, 5.74) is 2.15. The molecule has 0 saturated carbocycles. The molecule has 2 rings (SSSR count). The lowest BCUT2D eigenvalue weighted by atomic mass is 10.2. The van der Waals surface area contributed by atoms with Gasteiger partial charge in [-0.1, -0.05) is 12.1 Å². The van der Waals surface area contributed by atoms with E-state index in [4.69, 9.17) is 5.26 Å². The summed E-state index contributed by atoms with van der Waals surface area (Å²) in [5, 5.41) is 22.2. The quantitative estimate of drug-likeness (QED) is 0.668. The number of aromatic nitrogens is 1. The highest BCUT2D eigenvalue weighted by atomic mass is 16.6. The number of nitro groups is 1. The maximum absolute atomic E-state index is 10.5. The Balaban J connectivity index is 1.98. The van der Waals surface area contributed by atoms with Crippen LogP contribution in [-0.4, -0.2) is 9.91 Å². The van der Waals surface area contributed by atoms with Gasteiger partial charge in [-0.15, -0.1) is 0 Å². The fraction of sp³-hybridized carbons (Fsp3) is 0.0769. The molecule has 0 fully saturated rings. The zero-order chi connectivity index (χ0) is 13.7. The second-order valence-corrected chi connectivity index (χ2v) is 3.82. The van der Waals surface area contributed by atoms with Crippen molar-refractivity contribution in [1.29, 1.82) is 5.26 Å². The van der Waals surface area contributed by atoms with Crippen molar-refractivity contribution in [3.63, 3.8) is 0 Å². The Morgan fingerprint density at radius 3 is 2.53 bits per heavy atom.